The van der Waals surface area contributed by atoms with E-state index in [1.54, 1.807) is 30.3 Å². The number of hydrogen-bond donors (Lipinski definition) is 2. The number of halogens is 2. The van der Waals surface area contributed by atoms with E-state index in [0.29, 0.717) is 5.69 Å². The Hall–Kier alpha value is -3.75. The summed E-state index contributed by atoms with van der Waals surface area (Å²) in [5.41, 5.74) is -0.191. The van der Waals surface area contributed by atoms with Crippen molar-refractivity contribution < 1.29 is 32.6 Å². The molecule has 0 bridgehead atoms. The zero-order valence-corrected chi connectivity index (χ0v) is 15.2. The highest BCUT2D eigenvalue weighted by Crippen LogP contribution is 2.21. The summed E-state index contributed by atoms with van der Waals surface area (Å²) in [5.74, 6) is -4.27. The predicted octanol–water partition coefficient (Wildman–Crippen LogP) is 2.76. The lowest BCUT2D eigenvalue weighted by Crippen LogP contribution is -2.32. The van der Waals surface area contributed by atoms with Gasteiger partial charge in [-0.15, -0.1) is 0 Å². The predicted molar refractivity (Wildman–Crippen MR) is 98.6 cm³/mol. The van der Waals surface area contributed by atoms with Crippen LogP contribution in [-0.2, 0) is 23.9 Å². The molecule has 0 aromatic heterocycles. The summed E-state index contributed by atoms with van der Waals surface area (Å²) in [6.07, 6.45) is -1.39. The number of para-hydroxylation sites is 1. The van der Waals surface area contributed by atoms with Crippen molar-refractivity contribution in [2.45, 2.75) is 13.0 Å². The first-order valence-corrected chi connectivity index (χ1v) is 8.54. The minimum atomic E-state index is -1.39. The van der Waals surface area contributed by atoms with Gasteiger partial charge in [-0.05, 0) is 31.2 Å². The van der Waals surface area contributed by atoms with Gasteiger partial charge in [-0.1, -0.05) is 18.2 Å². The van der Waals surface area contributed by atoms with Crippen LogP contribution in [0, 0.1) is 11.6 Å². The summed E-state index contributed by atoms with van der Waals surface area (Å²) in [6, 6.07) is 11.2. The number of benzene rings is 2. The third-order valence-corrected chi connectivity index (χ3v) is 3.93. The number of carbonyl (C=O) groups excluding carboxylic acids is 3. The maximum Gasteiger partial charge on any atom is 0.348 e. The lowest BCUT2D eigenvalue weighted by molar-refractivity contribution is -0.150. The molecule has 0 unspecified atom stereocenters. The van der Waals surface area contributed by atoms with Crippen molar-refractivity contribution in [2.75, 3.05) is 17.2 Å². The summed E-state index contributed by atoms with van der Waals surface area (Å²) in [4.78, 5) is 36.6. The first-order valence-electron chi connectivity index (χ1n) is 8.54. The second-order valence-corrected chi connectivity index (χ2v) is 6.07. The first kappa shape index (κ1) is 20.0. The van der Waals surface area contributed by atoms with Crippen LogP contribution in [0.15, 0.2) is 60.0 Å². The van der Waals surface area contributed by atoms with Gasteiger partial charge in [-0.3, -0.25) is 9.59 Å². The smallest absolute Gasteiger partial charge is 0.348 e. The van der Waals surface area contributed by atoms with Crippen LogP contribution in [-0.4, -0.2) is 30.4 Å². The Morgan fingerprint density at radius 1 is 1.14 bits per heavy atom. The Balaban J connectivity index is 1.70. The molecule has 29 heavy (non-hydrogen) atoms. The van der Waals surface area contributed by atoms with E-state index < -0.39 is 41.1 Å². The van der Waals surface area contributed by atoms with Gasteiger partial charge in [0.25, 0.3) is 5.91 Å². The van der Waals surface area contributed by atoms with Crippen molar-refractivity contribution in [3.05, 3.63) is 71.6 Å². The molecule has 0 saturated carbocycles. The SMILES string of the molecule is C[C@H](OC(=O)C1=C(Nc2ccccc2)OCC1=O)C(=O)Nc1cc(F)ccc1F. The van der Waals surface area contributed by atoms with E-state index in [1.807, 2.05) is 0 Å². The fraction of sp³-hybridized carbons (Fsp3) is 0.150. The topological polar surface area (TPSA) is 93.7 Å². The molecule has 2 aromatic carbocycles. The van der Waals surface area contributed by atoms with Crippen molar-refractivity contribution >= 4 is 29.0 Å². The molecule has 3 rings (SSSR count). The van der Waals surface area contributed by atoms with Crippen molar-refractivity contribution in [1.29, 1.82) is 0 Å². The molecule has 0 aliphatic carbocycles. The van der Waals surface area contributed by atoms with E-state index in [2.05, 4.69) is 10.6 Å². The Labute approximate surface area is 164 Å². The molecule has 0 radical (unpaired) electrons. The lowest BCUT2D eigenvalue weighted by Gasteiger charge is -2.14. The van der Waals surface area contributed by atoms with Crippen LogP contribution in [0.1, 0.15) is 6.92 Å². The molecule has 1 atom stereocenters. The van der Waals surface area contributed by atoms with Crippen LogP contribution in [0.5, 0.6) is 0 Å². The second kappa shape index (κ2) is 8.51. The third kappa shape index (κ3) is 4.75. The summed E-state index contributed by atoms with van der Waals surface area (Å²) >= 11 is 0. The first-order chi connectivity index (χ1) is 13.8. The second-order valence-electron chi connectivity index (χ2n) is 6.07. The van der Waals surface area contributed by atoms with Crippen molar-refractivity contribution in [2.24, 2.45) is 0 Å². The molecular weight excluding hydrogens is 386 g/mol. The number of ether oxygens (including phenoxy) is 2. The monoisotopic (exact) mass is 402 g/mol. The van der Waals surface area contributed by atoms with Crippen molar-refractivity contribution in [3.63, 3.8) is 0 Å². The standard InChI is InChI=1S/C20H16F2N2O5/c1-11(18(26)24-15-9-12(21)7-8-14(15)22)29-20(27)17-16(25)10-28-19(17)23-13-5-3-2-4-6-13/h2-9,11,23H,10H2,1H3,(H,24,26)/t11-/m0/s1. The number of anilines is 2. The van der Waals surface area contributed by atoms with Crippen LogP contribution in [0.25, 0.3) is 0 Å². The van der Waals surface area contributed by atoms with Gasteiger partial charge >= 0.3 is 5.97 Å². The van der Waals surface area contributed by atoms with Crippen LogP contribution in [0.2, 0.25) is 0 Å². The van der Waals surface area contributed by atoms with Gasteiger partial charge < -0.3 is 20.1 Å². The van der Waals surface area contributed by atoms with Crippen LogP contribution in [0.3, 0.4) is 0 Å². The van der Waals surface area contributed by atoms with Gasteiger partial charge in [0, 0.05) is 11.8 Å². The highest BCUT2D eigenvalue weighted by molar-refractivity contribution is 6.20. The number of Topliss-reactive ketones (excluding diaryl/α,β-unsaturated/α-hetero) is 1. The number of esters is 1. The van der Waals surface area contributed by atoms with E-state index in [4.69, 9.17) is 9.47 Å². The molecule has 1 amide bonds. The molecule has 9 heteroatoms. The quantitative estimate of drug-likeness (QED) is 0.570. The number of carbonyl (C=O) groups is 3. The Morgan fingerprint density at radius 3 is 2.59 bits per heavy atom. The number of amides is 1. The van der Waals surface area contributed by atoms with Gasteiger partial charge in [0.05, 0.1) is 5.69 Å². The lowest BCUT2D eigenvalue weighted by atomic mass is 10.2. The van der Waals surface area contributed by atoms with E-state index in [0.717, 1.165) is 18.2 Å². The summed E-state index contributed by atoms with van der Waals surface area (Å²) < 4.78 is 37.1. The molecular formula is C20H16F2N2O5. The van der Waals surface area contributed by atoms with Gasteiger partial charge in [-0.2, -0.15) is 0 Å². The summed E-state index contributed by atoms with van der Waals surface area (Å²) in [7, 11) is 0. The zero-order chi connectivity index (χ0) is 21.0. The molecule has 2 N–H and O–H groups in total. The number of ketones is 1. The molecule has 1 aliphatic rings. The van der Waals surface area contributed by atoms with Gasteiger partial charge in [0.2, 0.25) is 11.7 Å². The molecule has 0 fully saturated rings. The van der Waals surface area contributed by atoms with Gasteiger partial charge in [0.15, 0.2) is 18.3 Å². The maximum absolute atomic E-state index is 13.6. The van der Waals surface area contributed by atoms with Crippen molar-refractivity contribution in [1.82, 2.24) is 0 Å². The van der Waals surface area contributed by atoms with E-state index in [1.165, 1.54) is 6.92 Å². The van der Waals surface area contributed by atoms with E-state index in [-0.39, 0.29) is 18.1 Å². The van der Waals surface area contributed by atoms with Crippen LogP contribution in [0.4, 0.5) is 20.2 Å². The van der Waals surface area contributed by atoms with E-state index in [9.17, 15) is 23.2 Å². The number of hydrogen-bond acceptors (Lipinski definition) is 6. The van der Waals surface area contributed by atoms with E-state index >= 15 is 0 Å². The fourth-order valence-corrected chi connectivity index (χ4v) is 2.47. The van der Waals surface area contributed by atoms with Crippen molar-refractivity contribution in [3.8, 4) is 0 Å². The minimum Gasteiger partial charge on any atom is -0.470 e. The molecule has 2 aromatic rings. The molecule has 0 spiro atoms. The summed E-state index contributed by atoms with van der Waals surface area (Å²) in [6.45, 7) is 0.879. The van der Waals surface area contributed by atoms with Gasteiger partial charge in [0.1, 0.15) is 11.6 Å². The average Bonchev–Trinajstić information content (AvgIpc) is 3.05. The maximum atomic E-state index is 13.6. The molecule has 1 aliphatic heterocycles. The highest BCUT2D eigenvalue weighted by Gasteiger charge is 2.34. The zero-order valence-electron chi connectivity index (χ0n) is 15.2. The fourth-order valence-electron chi connectivity index (χ4n) is 2.47. The Bertz CT molecular complexity index is 992. The Morgan fingerprint density at radius 2 is 1.86 bits per heavy atom. The molecule has 0 saturated heterocycles. The Kier molecular flexibility index (Phi) is 5.87. The largest absolute Gasteiger partial charge is 0.470 e. The van der Waals surface area contributed by atoms with Crippen LogP contribution < -0.4 is 10.6 Å². The third-order valence-electron chi connectivity index (χ3n) is 3.93. The minimum absolute atomic E-state index is 0.0880. The number of rotatable bonds is 6. The van der Waals surface area contributed by atoms with Gasteiger partial charge in [-0.25, -0.2) is 13.6 Å². The molecule has 1 heterocycles. The van der Waals surface area contributed by atoms with Crippen LogP contribution >= 0.6 is 0 Å². The highest BCUT2D eigenvalue weighted by atomic mass is 19.1. The normalized spacial score (nSPS) is 14.2. The average molecular weight is 402 g/mol. The number of nitrogens with one attached hydrogen (secondary N) is 2. The molecule has 150 valence electrons. The molecule has 7 nitrogen and oxygen atoms in total. The summed E-state index contributed by atoms with van der Waals surface area (Å²) in [5, 5.41) is 4.93.